The molecule has 1 N–H and O–H groups in total. The molecule has 6 aromatic rings. The van der Waals surface area contributed by atoms with Crippen molar-refractivity contribution in [3.8, 4) is 45.3 Å². The van der Waals surface area contributed by atoms with Crippen LogP contribution in [0.25, 0.3) is 56.1 Å². The first-order valence-electron chi connectivity index (χ1n) is 13.4. The van der Waals surface area contributed by atoms with E-state index in [4.69, 9.17) is 20.4 Å². The van der Waals surface area contributed by atoms with Crippen molar-refractivity contribution >= 4 is 17.0 Å². The number of rotatable bonds is 6. The van der Waals surface area contributed by atoms with Crippen LogP contribution in [0.5, 0.6) is 0 Å². The highest BCUT2D eigenvalue weighted by molar-refractivity contribution is 5.98. The molecular weight excluding hydrogens is 488 g/mol. The number of benzene rings is 5. The van der Waals surface area contributed by atoms with E-state index in [0.29, 0.717) is 17.5 Å². The van der Waals surface area contributed by atoms with Gasteiger partial charge in [-0.3, -0.25) is 0 Å². The van der Waals surface area contributed by atoms with Gasteiger partial charge in [-0.05, 0) is 39.9 Å². The highest BCUT2D eigenvalue weighted by Gasteiger charge is 2.31. The summed E-state index contributed by atoms with van der Waals surface area (Å²) in [6.07, 6.45) is 6.67. The molecule has 0 bridgehead atoms. The van der Waals surface area contributed by atoms with Crippen LogP contribution in [0.15, 0.2) is 133 Å². The van der Waals surface area contributed by atoms with Gasteiger partial charge in [-0.25, -0.2) is 15.0 Å². The first kappa shape index (κ1) is 23.9. The second-order valence-electron chi connectivity index (χ2n) is 10.1. The summed E-state index contributed by atoms with van der Waals surface area (Å²) in [5.41, 5.74) is 6.04. The third-order valence-corrected chi connectivity index (χ3v) is 7.71. The highest BCUT2D eigenvalue weighted by atomic mass is 15.0. The van der Waals surface area contributed by atoms with Gasteiger partial charge in [0.2, 0.25) is 0 Å². The monoisotopic (exact) mass is 514 g/mol. The van der Waals surface area contributed by atoms with Gasteiger partial charge in [-0.15, -0.1) is 0 Å². The van der Waals surface area contributed by atoms with Crippen molar-refractivity contribution < 1.29 is 0 Å². The predicted molar refractivity (Wildman–Crippen MR) is 163 cm³/mol. The Morgan fingerprint density at radius 3 is 1.75 bits per heavy atom. The fourth-order valence-electron chi connectivity index (χ4n) is 5.33. The number of allylic oxidation sites excluding steroid dienone is 2. The molecular formula is C36H26N4. The molecule has 0 saturated heterocycles. The highest BCUT2D eigenvalue weighted by Crippen LogP contribution is 2.37. The molecule has 1 aliphatic carbocycles. The maximum atomic E-state index is 7.91. The zero-order valence-corrected chi connectivity index (χ0v) is 21.8. The van der Waals surface area contributed by atoms with Crippen LogP contribution in [0.2, 0.25) is 0 Å². The standard InChI is InChI=1S/C36H26N4/c37-24-36(21-8-22-36)30-19-17-25(18-20-30)29-16-15-26-13-7-14-31(32(26)23-29)35-39-33(27-9-3-1-4-10-27)38-34(40-35)28-11-5-2-6-12-28/h1-21,23-24,37H,22H2. The van der Waals surface area contributed by atoms with Crippen LogP contribution < -0.4 is 0 Å². The smallest absolute Gasteiger partial charge is 0.164 e. The lowest BCUT2D eigenvalue weighted by Crippen LogP contribution is -2.29. The zero-order valence-electron chi connectivity index (χ0n) is 21.8. The van der Waals surface area contributed by atoms with Gasteiger partial charge < -0.3 is 5.41 Å². The second kappa shape index (κ2) is 9.83. The van der Waals surface area contributed by atoms with Crippen molar-refractivity contribution in [2.75, 3.05) is 0 Å². The van der Waals surface area contributed by atoms with Crippen LogP contribution in [0.4, 0.5) is 0 Å². The molecule has 1 unspecified atom stereocenters. The molecule has 0 amide bonds. The molecule has 4 heteroatoms. The fraction of sp³-hybridized carbons (Fsp3) is 0.0556. The predicted octanol–water partition coefficient (Wildman–Crippen LogP) is 8.54. The lowest BCUT2D eigenvalue weighted by Gasteiger charge is -2.31. The summed E-state index contributed by atoms with van der Waals surface area (Å²) in [6.45, 7) is 0. The summed E-state index contributed by atoms with van der Waals surface area (Å²) >= 11 is 0. The van der Waals surface area contributed by atoms with Crippen molar-refractivity contribution in [3.05, 3.63) is 139 Å². The number of hydrogen-bond acceptors (Lipinski definition) is 4. The number of hydrogen-bond donors (Lipinski definition) is 1. The Kier molecular flexibility index (Phi) is 5.86. The van der Waals surface area contributed by atoms with Gasteiger partial charge in [-0.1, -0.05) is 127 Å². The molecule has 0 aliphatic heterocycles. The minimum atomic E-state index is -0.249. The van der Waals surface area contributed by atoms with Crippen LogP contribution in [0.3, 0.4) is 0 Å². The number of fused-ring (bicyclic) bond motifs is 1. The minimum Gasteiger partial charge on any atom is -0.312 e. The van der Waals surface area contributed by atoms with Crippen LogP contribution >= 0.6 is 0 Å². The first-order valence-corrected chi connectivity index (χ1v) is 13.4. The molecule has 0 radical (unpaired) electrons. The fourth-order valence-corrected chi connectivity index (χ4v) is 5.33. The van der Waals surface area contributed by atoms with Crippen LogP contribution in [-0.2, 0) is 5.41 Å². The Labute approximate surface area is 233 Å². The lowest BCUT2D eigenvalue weighted by molar-refractivity contribution is 0.678. The Morgan fingerprint density at radius 2 is 1.18 bits per heavy atom. The molecule has 7 rings (SSSR count). The number of nitrogens with one attached hydrogen (secondary N) is 1. The lowest BCUT2D eigenvalue weighted by atomic mass is 9.71. The van der Waals surface area contributed by atoms with Gasteiger partial charge >= 0.3 is 0 Å². The molecule has 1 aliphatic rings. The van der Waals surface area contributed by atoms with Gasteiger partial charge in [0, 0.05) is 22.9 Å². The third kappa shape index (κ3) is 4.20. The maximum absolute atomic E-state index is 7.91. The SMILES string of the molecule is N=CC1(c2ccc(-c3ccc4cccc(-c5nc(-c6ccccc6)nc(-c6ccccc6)n5)c4c3)cc2)C=CC1. The maximum Gasteiger partial charge on any atom is 0.164 e. The van der Waals surface area contributed by atoms with E-state index in [2.05, 4.69) is 72.8 Å². The summed E-state index contributed by atoms with van der Waals surface area (Å²) < 4.78 is 0. The molecule has 1 aromatic heterocycles. The normalized spacial score (nSPS) is 16.0. The van der Waals surface area contributed by atoms with E-state index in [1.165, 1.54) is 0 Å². The van der Waals surface area contributed by atoms with Gasteiger partial charge in [-0.2, -0.15) is 0 Å². The summed E-state index contributed by atoms with van der Waals surface area (Å²) in [7, 11) is 0. The van der Waals surface area contributed by atoms with E-state index in [0.717, 1.165) is 50.6 Å². The Balaban J connectivity index is 1.36. The molecule has 0 fully saturated rings. The van der Waals surface area contributed by atoms with Crippen LogP contribution in [0, 0.1) is 5.41 Å². The molecule has 40 heavy (non-hydrogen) atoms. The number of aromatic nitrogens is 3. The van der Waals surface area contributed by atoms with Gasteiger partial charge in [0.05, 0.1) is 5.41 Å². The average molecular weight is 515 g/mol. The van der Waals surface area contributed by atoms with Crippen LogP contribution in [-0.4, -0.2) is 21.2 Å². The van der Waals surface area contributed by atoms with Gasteiger partial charge in [0.25, 0.3) is 0 Å². The van der Waals surface area contributed by atoms with E-state index >= 15 is 0 Å². The number of nitrogens with zero attached hydrogens (tertiary/aromatic N) is 3. The Bertz CT molecular complexity index is 1820. The summed E-state index contributed by atoms with van der Waals surface area (Å²) in [5, 5.41) is 10.1. The van der Waals surface area contributed by atoms with Crippen molar-refractivity contribution in [1.82, 2.24) is 15.0 Å². The zero-order chi connectivity index (χ0) is 26.9. The average Bonchev–Trinajstić information content (AvgIpc) is 3.01. The molecule has 0 saturated carbocycles. The molecule has 190 valence electrons. The minimum absolute atomic E-state index is 0.249. The molecule has 4 nitrogen and oxygen atoms in total. The van der Waals surface area contributed by atoms with E-state index < -0.39 is 0 Å². The first-order chi connectivity index (χ1) is 19.7. The van der Waals surface area contributed by atoms with Crippen molar-refractivity contribution in [3.63, 3.8) is 0 Å². The summed E-state index contributed by atoms with van der Waals surface area (Å²) in [6, 6.07) is 41.5. The molecule has 1 heterocycles. The summed E-state index contributed by atoms with van der Waals surface area (Å²) in [5.74, 6) is 1.95. The van der Waals surface area contributed by atoms with E-state index in [1.807, 2.05) is 60.7 Å². The van der Waals surface area contributed by atoms with Crippen molar-refractivity contribution in [2.45, 2.75) is 11.8 Å². The van der Waals surface area contributed by atoms with Crippen molar-refractivity contribution in [1.29, 1.82) is 5.41 Å². The Morgan fingerprint density at radius 1 is 0.575 bits per heavy atom. The van der Waals surface area contributed by atoms with E-state index in [9.17, 15) is 0 Å². The van der Waals surface area contributed by atoms with Gasteiger partial charge in [0.1, 0.15) is 0 Å². The van der Waals surface area contributed by atoms with E-state index in [-0.39, 0.29) is 5.41 Å². The topological polar surface area (TPSA) is 62.5 Å². The quantitative estimate of drug-likeness (QED) is 0.179. The Hall–Kier alpha value is -5.22. The molecule has 0 spiro atoms. The van der Waals surface area contributed by atoms with Gasteiger partial charge in [0.15, 0.2) is 17.5 Å². The van der Waals surface area contributed by atoms with Crippen molar-refractivity contribution in [2.24, 2.45) is 0 Å². The van der Waals surface area contributed by atoms with Crippen LogP contribution in [0.1, 0.15) is 12.0 Å². The third-order valence-electron chi connectivity index (χ3n) is 7.71. The second-order valence-corrected chi connectivity index (χ2v) is 10.1. The summed E-state index contributed by atoms with van der Waals surface area (Å²) in [4.78, 5) is 14.8. The largest absolute Gasteiger partial charge is 0.312 e. The molecule has 1 atom stereocenters. The van der Waals surface area contributed by atoms with E-state index in [1.54, 1.807) is 6.21 Å². The molecule has 5 aromatic carbocycles.